The molecule has 1 aliphatic rings. The van der Waals surface area contributed by atoms with Crippen LogP contribution in [0.4, 0.5) is 4.79 Å². The zero-order valence-corrected chi connectivity index (χ0v) is 18.9. The third-order valence-corrected chi connectivity index (χ3v) is 6.13. The van der Waals surface area contributed by atoms with Crippen molar-refractivity contribution in [2.45, 2.75) is 32.2 Å². The Balaban J connectivity index is 1.49. The first kappa shape index (κ1) is 21.7. The molecule has 4 heteroatoms. The molecule has 4 nitrogen and oxygen atoms in total. The van der Waals surface area contributed by atoms with Gasteiger partial charge in [0.25, 0.3) is 0 Å². The van der Waals surface area contributed by atoms with E-state index in [1.807, 2.05) is 56.3 Å². The minimum atomic E-state index is -0.426. The SMILES string of the molecule is C=CC[C@@H](NC(=O)OCC1c2ccccc2-c2ccccc21)c1cc(C)c(OC)c(C)c1. The summed E-state index contributed by atoms with van der Waals surface area (Å²) in [5, 5.41) is 3.02. The Morgan fingerprint density at radius 2 is 1.59 bits per heavy atom. The van der Waals surface area contributed by atoms with Gasteiger partial charge in [-0.05, 0) is 59.2 Å². The van der Waals surface area contributed by atoms with Gasteiger partial charge in [0.1, 0.15) is 12.4 Å². The summed E-state index contributed by atoms with van der Waals surface area (Å²) in [5.41, 5.74) is 7.90. The number of aryl methyl sites for hydroxylation is 2. The summed E-state index contributed by atoms with van der Waals surface area (Å²) >= 11 is 0. The predicted molar refractivity (Wildman–Crippen MR) is 128 cm³/mol. The molecule has 4 rings (SSSR count). The Morgan fingerprint density at radius 3 is 2.12 bits per heavy atom. The zero-order chi connectivity index (χ0) is 22.7. The van der Waals surface area contributed by atoms with E-state index in [-0.39, 0.29) is 12.0 Å². The number of amides is 1. The second-order valence-electron chi connectivity index (χ2n) is 8.23. The van der Waals surface area contributed by atoms with Crippen molar-refractivity contribution < 1.29 is 14.3 Å². The first-order valence-electron chi connectivity index (χ1n) is 10.9. The summed E-state index contributed by atoms with van der Waals surface area (Å²) in [6, 6.07) is 20.5. The smallest absolute Gasteiger partial charge is 0.407 e. The van der Waals surface area contributed by atoms with Gasteiger partial charge in [-0.25, -0.2) is 4.79 Å². The van der Waals surface area contributed by atoms with Crippen LogP contribution in [0.15, 0.2) is 73.3 Å². The minimum absolute atomic E-state index is 0.0384. The van der Waals surface area contributed by atoms with E-state index in [1.54, 1.807) is 7.11 Å². The molecule has 0 aromatic heterocycles. The molecule has 1 aliphatic carbocycles. The van der Waals surface area contributed by atoms with Gasteiger partial charge >= 0.3 is 6.09 Å². The second kappa shape index (κ2) is 9.31. The fourth-order valence-electron chi connectivity index (χ4n) is 4.73. The number of ether oxygens (including phenoxy) is 2. The maximum absolute atomic E-state index is 12.8. The third-order valence-electron chi connectivity index (χ3n) is 6.13. The number of hydrogen-bond donors (Lipinski definition) is 1. The molecule has 1 atom stereocenters. The molecule has 0 saturated carbocycles. The summed E-state index contributed by atoms with van der Waals surface area (Å²) in [5.74, 6) is 0.906. The Bertz CT molecular complexity index is 1080. The summed E-state index contributed by atoms with van der Waals surface area (Å²) in [4.78, 5) is 12.8. The van der Waals surface area contributed by atoms with Gasteiger partial charge in [0, 0.05) is 5.92 Å². The first-order chi connectivity index (χ1) is 15.5. The van der Waals surface area contributed by atoms with Gasteiger partial charge in [0.2, 0.25) is 0 Å². The van der Waals surface area contributed by atoms with E-state index < -0.39 is 6.09 Å². The van der Waals surface area contributed by atoms with E-state index in [4.69, 9.17) is 9.47 Å². The number of hydrogen-bond acceptors (Lipinski definition) is 3. The van der Waals surface area contributed by atoms with Crippen molar-refractivity contribution in [3.63, 3.8) is 0 Å². The van der Waals surface area contributed by atoms with Crippen LogP contribution in [0.3, 0.4) is 0 Å². The third kappa shape index (κ3) is 4.13. The van der Waals surface area contributed by atoms with Crippen molar-refractivity contribution in [2.75, 3.05) is 13.7 Å². The standard InChI is InChI=1S/C28H29NO3/c1-5-10-26(20-15-18(2)27(31-4)19(3)16-20)29-28(30)32-17-25-23-13-8-6-11-21(23)22-12-7-9-14-24(22)25/h5-9,11-16,25-26H,1,10,17H2,2-4H3,(H,29,30)/t26-/m1/s1. The molecule has 0 spiro atoms. The van der Waals surface area contributed by atoms with E-state index >= 15 is 0 Å². The van der Waals surface area contributed by atoms with Gasteiger partial charge in [-0.3, -0.25) is 0 Å². The highest BCUT2D eigenvalue weighted by molar-refractivity contribution is 5.79. The number of alkyl carbamates (subject to hydrolysis) is 1. The Labute approximate surface area is 189 Å². The van der Waals surface area contributed by atoms with Gasteiger partial charge in [0.05, 0.1) is 13.2 Å². The maximum Gasteiger partial charge on any atom is 0.407 e. The molecule has 32 heavy (non-hydrogen) atoms. The van der Waals surface area contributed by atoms with E-state index in [0.29, 0.717) is 13.0 Å². The number of rotatable bonds is 7. The Hall–Kier alpha value is -3.53. The summed E-state index contributed by atoms with van der Waals surface area (Å²) in [6.07, 6.45) is 1.99. The Morgan fingerprint density at radius 1 is 1.03 bits per heavy atom. The lowest BCUT2D eigenvalue weighted by Gasteiger charge is -2.21. The predicted octanol–water partition coefficient (Wildman–Crippen LogP) is 6.47. The van der Waals surface area contributed by atoms with Gasteiger partial charge in [-0.2, -0.15) is 0 Å². The van der Waals surface area contributed by atoms with Crippen LogP contribution in [-0.2, 0) is 4.74 Å². The van der Waals surface area contributed by atoms with E-state index in [9.17, 15) is 4.79 Å². The van der Waals surface area contributed by atoms with Crippen LogP contribution < -0.4 is 10.1 Å². The van der Waals surface area contributed by atoms with Crippen molar-refractivity contribution in [1.29, 1.82) is 0 Å². The molecular weight excluding hydrogens is 398 g/mol. The molecule has 1 amide bonds. The van der Waals surface area contributed by atoms with Gasteiger partial charge < -0.3 is 14.8 Å². The fraction of sp³-hybridized carbons (Fsp3) is 0.250. The molecule has 3 aromatic carbocycles. The van der Waals surface area contributed by atoms with Crippen LogP contribution >= 0.6 is 0 Å². The topological polar surface area (TPSA) is 47.6 Å². The van der Waals surface area contributed by atoms with E-state index in [1.165, 1.54) is 22.3 Å². The van der Waals surface area contributed by atoms with Crippen molar-refractivity contribution in [3.8, 4) is 16.9 Å². The average Bonchev–Trinajstić information content (AvgIpc) is 3.11. The van der Waals surface area contributed by atoms with Crippen molar-refractivity contribution in [2.24, 2.45) is 0 Å². The first-order valence-corrected chi connectivity index (χ1v) is 10.9. The van der Waals surface area contributed by atoms with Crippen LogP contribution in [0.2, 0.25) is 0 Å². The van der Waals surface area contributed by atoms with Crippen LogP contribution in [-0.4, -0.2) is 19.8 Å². The molecule has 3 aromatic rings. The normalized spacial score (nSPS) is 13.1. The summed E-state index contributed by atoms with van der Waals surface area (Å²) < 4.78 is 11.2. The number of fused-ring (bicyclic) bond motifs is 3. The molecule has 0 bridgehead atoms. The molecule has 0 aliphatic heterocycles. The van der Waals surface area contributed by atoms with E-state index in [0.717, 1.165) is 22.4 Å². The monoisotopic (exact) mass is 427 g/mol. The molecular formula is C28H29NO3. The second-order valence-corrected chi connectivity index (χ2v) is 8.23. The molecule has 0 unspecified atom stereocenters. The molecule has 0 heterocycles. The lowest BCUT2D eigenvalue weighted by Crippen LogP contribution is -2.30. The van der Waals surface area contributed by atoms with Gasteiger partial charge in [-0.15, -0.1) is 6.58 Å². The molecule has 0 saturated heterocycles. The van der Waals surface area contributed by atoms with Crippen LogP contribution in [0, 0.1) is 13.8 Å². The highest BCUT2D eigenvalue weighted by atomic mass is 16.5. The Kier molecular flexibility index (Phi) is 6.31. The zero-order valence-electron chi connectivity index (χ0n) is 18.9. The quantitative estimate of drug-likeness (QED) is 0.440. The number of carbonyl (C=O) groups excluding carboxylic acids is 1. The van der Waals surface area contributed by atoms with Crippen LogP contribution in [0.1, 0.15) is 46.2 Å². The molecule has 1 N–H and O–H groups in total. The number of benzene rings is 3. The average molecular weight is 428 g/mol. The van der Waals surface area contributed by atoms with Crippen molar-refractivity contribution in [1.82, 2.24) is 5.32 Å². The molecule has 0 radical (unpaired) electrons. The largest absolute Gasteiger partial charge is 0.496 e. The fourth-order valence-corrected chi connectivity index (χ4v) is 4.73. The molecule has 0 fully saturated rings. The van der Waals surface area contributed by atoms with Crippen molar-refractivity contribution in [3.05, 3.63) is 101 Å². The van der Waals surface area contributed by atoms with Crippen LogP contribution in [0.25, 0.3) is 11.1 Å². The van der Waals surface area contributed by atoms with Gasteiger partial charge in [-0.1, -0.05) is 66.7 Å². The van der Waals surface area contributed by atoms with Crippen molar-refractivity contribution >= 4 is 6.09 Å². The van der Waals surface area contributed by atoms with Crippen LogP contribution in [0.5, 0.6) is 5.75 Å². The molecule has 164 valence electrons. The highest BCUT2D eigenvalue weighted by Crippen LogP contribution is 2.44. The number of nitrogens with one attached hydrogen (secondary N) is 1. The summed E-state index contributed by atoms with van der Waals surface area (Å²) in [6.45, 7) is 8.16. The lowest BCUT2D eigenvalue weighted by molar-refractivity contribution is 0.139. The lowest BCUT2D eigenvalue weighted by atomic mass is 9.98. The van der Waals surface area contributed by atoms with E-state index in [2.05, 4.69) is 36.2 Å². The maximum atomic E-state index is 12.8. The summed E-state index contributed by atoms with van der Waals surface area (Å²) in [7, 11) is 1.67. The van der Waals surface area contributed by atoms with Gasteiger partial charge in [0.15, 0.2) is 0 Å². The minimum Gasteiger partial charge on any atom is -0.496 e. The number of methoxy groups -OCH3 is 1. The number of carbonyl (C=O) groups is 1. The highest BCUT2D eigenvalue weighted by Gasteiger charge is 2.29.